The molecule has 8 aliphatic rings. The Morgan fingerprint density at radius 2 is 1.42 bits per heavy atom. The van der Waals surface area contributed by atoms with Crippen LogP contribution in [0.4, 0.5) is 0 Å². The summed E-state index contributed by atoms with van der Waals surface area (Å²) in [5, 5.41) is 97.9. The van der Waals surface area contributed by atoms with Gasteiger partial charge >= 0.3 is 0 Å². The smallest absolute Gasteiger partial charge is 0.187 e. The van der Waals surface area contributed by atoms with Gasteiger partial charge in [-0.3, -0.25) is 0 Å². The summed E-state index contributed by atoms with van der Waals surface area (Å²) in [6.07, 6.45) is -7.87. The lowest BCUT2D eigenvalue weighted by Crippen LogP contribution is -2.64. The van der Waals surface area contributed by atoms with Crippen LogP contribution in [0.3, 0.4) is 0 Å². The van der Waals surface area contributed by atoms with Crippen molar-refractivity contribution in [3.63, 3.8) is 0 Å². The Balaban J connectivity index is 1.02. The van der Waals surface area contributed by atoms with Gasteiger partial charge in [-0.15, -0.1) is 0 Å². The van der Waals surface area contributed by atoms with Crippen molar-refractivity contribution in [2.24, 2.45) is 44.8 Å². The Morgan fingerprint density at radius 3 is 2.07 bits per heavy atom. The summed E-state index contributed by atoms with van der Waals surface area (Å²) in [5.74, 6) is 0.0159. The molecule has 3 aliphatic heterocycles. The molecule has 5 saturated carbocycles. The summed E-state index contributed by atoms with van der Waals surface area (Å²) >= 11 is 0. The molecule has 3 saturated heterocycles. The molecule has 0 amide bonds. The van der Waals surface area contributed by atoms with E-state index in [1.54, 1.807) is 13.8 Å². The van der Waals surface area contributed by atoms with Crippen molar-refractivity contribution >= 4 is 0 Å². The van der Waals surface area contributed by atoms with Gasteiger partial charge in [0.05, 0.1) is 48.8 Å². The van der Waals surface area contributed by atoms with Crippen LogP contribution in [-0.2, 0) is 23.7 Å². The lowest BCUT2D eigenvalue weighted by molar-refractivity contribution is -0.366. The largest absolute Gasteiger partial charge is 0.394 e. The van der Waals surface area contributed by atoms with Gasteiger partial charge in [-0.25, -0.2) is 0 Å². The van der Waals surface area contributed by atoms with E-state index < -0.39 is 96.8 Å². The molecule has 3 heterocycles. The second-order valence-corrected chi connectivity index (χ2v) is 21.1. The van der Waals surface area contributed by atoms with Crippen molar-refractivity contribution in [1.29, 1.82) is 0 Å². The summed E-state index contributed by atoms with van der Waals surface area (Å²) in [7, 11) is 0. The van der Waals surface area contributed by atoms with E-state index in [-0.39, 0.29) is 52.1 Å². The third kappa shape index (κ3) is 5.70. The maximum Gasteiger partial charge on any atom is 0.187 e. The Bertz CT molecular complexity index is 1460. The van der Waals surface area contributed by atoms with Crippen LogP contribution < -0.4 is 0 Å². The first-order chi connectivity index (χ1) is 25.5. The van der Waals surface area contributed by atoms with Gasteiger partial charge in [-0.1, -0.05) is 27.7 Å². The van der Waals surface area contributed by atoms with Crippen molar-refractivity contribution in [3.8, 4) is 0 Å². The minimum absolute atomic E-state index is 0.0193. The lowest BCUT2D eigenvalue weighted by Gasteiger charge is -2.64. The van der Waals surface area contributed by atoms with Gasteiger partial charge in [0, 0.05) is 5.92 Å². The SMILES string of the molecule is CC(C)(O)[C@@H]1CC[C@](C)([C@H]2[C@@H](O)C[C@@]3(C)[C@@H]4C[C@H](O)[C@H]5C(C)(C)[C@@H](O[C@@H]6OC[C@@H](O)[C@H](O)[C@H]6O[C@@H]6O[C@H](CO)[C@@H](O)[C@H](O)C6O)CC[C@@]56C[C@@]46CC[C@]23C)O1. The Hall–Kier alpha value is -0.560. The highest BCUT2D eigenvalue weighted by Gasteiger charge is 2.85. The summed E-state index contributed by atoms with van der Waals surface area (Å²) < 4.78 is 30.9. The molecular formula is C41H68O14. The molecule has 55 heavy (non-hydrogen) atoms. The first kappa shape index (κ1) is 41.2. The minimum atomic E-state index is -1.72. The number of hydrogen-bond acceptors (Lipinski definition) is 14. The number of ether oxygens (including phenoxy) is 5. The molecule has 2 spiro atoms. The first-order valence-corrected chi connectivity index (χ1v) is 20.9. The van der Waals surface area contributed by atoms with Crippen LogP contribution >= 0.6 is 0 Å². The average molecular weight is 785 g/mol. The molecule has 21 atom stereocenters. The third-order valence-electron chi connectivity index (χ3n) is 17.6. The first-order valence-electron chi connectivity index (χ1n) is 20.9. The van der Waals surface area contributed by atoms with Crippen molar-refractivity contribution in [2.45, 2.75) is 197 Å². The number of rotatable bonds is 7. The predicted octanol–water partition coefficient (Wildman–Crippen LogP) is 0.724. The lowest BCUT2D eigenvalue weighted by atomic mass is 9.41. The van der Waals surface area contributed by atoms with Gasteiger partial charge in [-0.2, -0.15) is 0 Å². The molecule has 0 radical (unpaired) electrons. The summed E-state index contributed by atoms with van der Waals surface area (Å²) in [6.45, 7) is 13.8. The van der Waals surface area contributed by atoms with Crippen LogP contribution in [0.25, 0.3) is 0 Å². The Morgan fingerprint density at radius 1 is 0.709 bits per heavy atom. The molecule has 1 unspecified atom stereocenters. The van der Waals surface area contributed by atoms with E-state index in [1.165, 1.54) is 0 Å². The fourth-order valence-electron chi connectivity index (χ4n) is 14.9. The number of hydrogen-bond donors (Lipinski definition) is 9. The van der Waals surface area contributed by atoms with Gasteiger partial charge in [0.25, 0.3) is 0 Å². The molecule has 9 N–H and O–H groups in total. The predicted molar refractivity (Wildman–Crippen MR) is 194 cm³/mol. The van der Waals surface area contributed by atoms with E-state index >= 15 is 0 Å². The molecule has 0 aromatic rings. The normalized spacial score (nSPS) is 58.7. The zero-order valence-corrected chi connectivity index (χ0v) is 33.6. The van der Waals surface area contributed by atoms with Crippen molar-refractivity contribution < 1.29 is 69.6 Å². The highest BCUT2D eigenvalue weighted by Crippen LogP contribution is 2.89. The quantitative estimate of drug-likeness (QED) is 0.162. The van der Waals surface area contributed by atoms with Crippen LogP contribution in [0.2, 0.25) is 0 Å². The Kier molecular flexibility index (Phi) is 9.90. The maximum absolute atomic E-state index is 12.4. The average Bonchev–Trinajstić information content (AvgIpc) is 3.45. The number of fused-ring (bicyclic) bond motifs is 2. The second-order valence-electron chi connectivity index (χ2n) is 21.1. The summed E-state index contributed by atoms with van der Waals surface area (Å²) in [5.41, 5.74) is -2.64. The third-order valence-corrected chi connectivity index (χ3v) is 17.6. The summed E-state index contributed by atoms with van der Waals surface area (Å²) in [4.78, 5) is 0. The molecule has 0 bridgehead atoms. The second kappa shape index (κ2) is 13.2. The standard InChI is InChI=1S/C41H68O14/c1-35(2)24(53-34-30(26(46)21(45)17-51-34)54-33-29(49)28(48)27(47)22(16-42)52-33)9-11-41-18-40(41)13-12-37(5)32(39(7)10-8-25(55-39)36(3,4)50)20(44)15-38(37,6)23(40)14-19(43)31(35)41/h19-34,42-50H,8-18H2,1-7H3/t19-,20-,21+,22+,23-,24-,25-,26-,27+,28-,29?,30+,31-,32-,33-,34-,37+,38-,39+,40-,41+/m0/s1. The van der Waals surface area contributed by atoms with Crippen LogP contribution in [-0.4, -0.2) is 150 Å². The van der Waals surface area contributed by atoms with Crippen LogP contribution in [0.5, 0.6) is 0 Å². The van der Waals surface area contributed by atoms with Gasteiger partial charge in [-0.05, 0) is 117 Å². The Labute approximate surface area is 324 Å². The highest BCUT2D eigenvalue weighted by atomic mass is 16.8. The summed E-state index contributed by atoms with van der Waals surface area (Å²) in [6, 6.07) is 0. The highest BCUT2D eigenvalue weighted by molar-refractivity contribution is 5.33. The van der Waals surface area contributed by atoms with Crippen molar-refractivity contribution in [1.82, 2.24) is 0 Å². The van der Waals surface area contributed by atoms with Gasteiger partial charge in [0.1, 0.15) is 42.7 Å². The van der Waals surface area contributed by atoms with E-state index in [2.05, 4.69) is 34.6 Å². The van der Waals surface area contributed by atoms with Gasteiger partial charge in [0.2, 0.25) is 0 Å². The fraction of sp³-hybridized carbons (Fsp3) is 1.00. The van der Waals surface area contributed by atoms with Crippen LogP contribution in [0, 0.1) is 44.8 Å². The molecule has 5 aliphatic carbocycles. The van der Waals surface area contributed by atoms with Crippen LogP contribution in [0.1, 0.15) is 106 Å². The maximum atomic E-state index is 12.4. The van der Waals surface area contributed by atoms with E-state index in [0.29, 0.717) is 19.3 Å². The molecule has 0 aromatic heterocycles. The zero-order chi connectivity index (χ0) is 40.1. The number of aliphatic hydroxyl groups is 9. The van der Waals surface area contributed by atoms with Crippen molar-refractivity contribution in [2.75, 3.05) is 13.2 Å². The van der Waals surface area contributed by atoms with Gasteiger partial charge in [0.15, 0.2) is 12.6 Å². The molecule has 8 rings (SSSR count). The van der Waals surface area contributed by atoms with Crippen molar-refractivity contribution in [3.05, 3.63) is 0 Å². The zero-order valence-electron chi connectivity index (χ0n) is 33.6. The van der Waals surface area contributed by atoms with Gasteiger partial charge < -0.3 is 69.6 Å². The van der Waals surface area contributed by atoms with E-state index in [9.17, 15) is 46.0 Å². The van der Waals surface area contributed by atoms with E-state index in [4.69, 9.17) is 23.7 Å². The fourth-order valence-corrected chi connectivity index (χ4v) is 14.9. The molecule has 0 aromatic carbocycles. The van der Waals surface area contributed by atoms with E-state index in [1.807, 2.05) is 0 Å². The number of aliphatic hydroxyl groups excluding tert-OH is 8. The molecule has 8 fully saturated rings. The topological polar surface area (TPSA) is 228 Å². The monoisotopic (exact) mass is 784 g/mol. The van der Waals surface area contributed by atoms with Crippen LogP contribution in [0.15, 0.2) is 0 Å². The minimum Gasteiger partial charge on any atom is -0.394 e. The molecular weight excluding hydrogens is 716 g/mol. The van der Waals surface area contributed by atoms with E-state index in [0.717, 1.165) is 38.5 Å². The molecule has 14 heteroatoms. The molecule has 316 valence electrons. The molecule has 14 nitrogen and oxygen atoms in total.